The van der Waals surface area contributed by atoms with Crippen molar-refractivity contribution in [1.29, 1.82) is 0 Å². The van der Waals surface area contributed by atoms with Crippen LogP contribution in [0.3, 0.4) is 0 Å². The summed E-state index contributed by atoms with van der Waals surface area (Å²) in [6.45, 7) is 2.21. The lowest BCUT2D eigenvalue weighted by Crippen LogP contribution is -2.15. The van der Waals surface area contributed by atoms with Gasteiger partial charge >= 0.3 is 0 Å². The first kappa shape index (κ1) is 12.0. The summed E-state index contributed by atoms with van der Waals surface area (Å²) >= 11 is 0. The van der Waals surface area contributed by atoms with Crippen LogP contribution in [0.5, 0.6) is 0 Å². The number of allylic oxidation sites excluding steroid dienone is 6. The van der Waals surface area contributed by atoms with E-state index >= 15 is 0 Å². The molecule has 0 aromatic rings. The number of carbonyl (C=O) groups excluding carboxylic acids is 1. The van der Waals surface area contributed by atoms with E-state index in [0.29, 0.717) is 0 Å². The molecule has 0 spiro atoms. The molecule has 0 radical (unpaired) electrons. The summed E-state index contributed by atoms with van der Waals surface area (Å²) in [5, 5.41) is 0. The molecule has 0 aliphatic heterocycles. The van der Waals surface area contributed by atoms with E-state index < -0.39 is 0 Å². The first-order chi connectivity index (χ1) is 7.33. The summed E-state index contributed by atoms with van der Waals surface area (Å²) in [4.78, 5) is 10.4. The van der Waals surface area contributed by atoms with Crippen LogP contribution in [0, 0.1) is 5.41 Å². The van der Waals surface area contributed by atoms with Crippen molar-refractivity contribution in [2.45, 2.75) is 39.0 Å². The third-order valence-electron chi connectivity index (χ3n) is 2.93. The van der Waals surface area contributed by atoms with E-state index in [1.807, 2.05) is 0 Å². The maximum absolute atomic E-state index is 10.4. The Labute approximate surface area is 92.6 Å². The van der Waals surface area contributed by atoms with Crippen molar-refractivity contribution >= 4 is 6.29 Å². The van der Waals surface area contributed by atoms with Gasteiger partial charge in [0.1, 0.15) is 6.29 Å². The van der Waals surface area contributed by atoms with Crippen LogP contribution in [0.25, 0.3) is 0 Å². The molecule has 1 heteroatoms. The van der Waals surface area contributed by atoms with Crippen LogP contribution in [0.15, 0.2) is 36.5 Å². The average molecular weight is 204 g/mol. The van der Waals surface area contributed by atoms with Gasteiger partial charge in [-0.15, -0.1) is 0 Å². The zero-order chi connectivity index (χ0) is 11.0. The van der Waals surface area contributed by atoms with Gasteiger partial charge in [0.25, 0.3) is 0 Å². The summed E-state index contributed by atoms with van der Waals surface area (Å²) in [6.07, 6.45) is 19.0. The standard InChI is InChI=1S/C14H20O/c1-2-3-5-9-14(12-8-13-15)10-6-4-7-11-14/h4,6-8,10,12-13H,2-3,5,9,11H2,1H3/b12-8+/t14-/m0/s1. The first-order valence-corrected chi connectivity index (χ1v) is 5.80. The lowest BCUT2D eigenvalue weighted by atomic mass is 9.77. The van der Waals surface area contributed by atoms with E-state index in [2.05, 4.69) is 37.3 Å². The van der Waals surface area contributed by atoms with E-state index in [0.717, 1.165) is 19.1 Å². The maximum atomic E-state index is 10.4. The Morgan fingerprint density at radius 2 is 2.20 bits per heavy atom. The number of carbonyl (C=O) groups is 1. The number of hydrogen-bond donors (Lipinski definition) is 0. The van der Waals surface area contributed by atoms with Gasteiger partial charge in [0.05, 0.1) is 0 Å². The summed E-state index contributed by atoms with van der Waals surface area (Å²) in [5.74, 6) is 0. The average Bonchev–Trinajstić information content (AvgIpc) is 2.28. The van der Waals surface area contributed by atoms with Crippen LogP contribution in [0.2, 0.25) is 0 Å². The largest absolute Gasteiger partial charge is 0.299 e. The van der Waals surface area contributed by atoms with Crippen LogP contribution in [-0.2, 0) is 4.79 Å². The summed E-state index contributed by atoms with van der Waals surface area (Å²) in [7, 11) is 0. The summed E-state index contributed by atoms with van der Waals surface area (Å²) in [5.41, 5.74) is 0.102. The van der Waals surface area contributed by atoms with Crippen molar-refractivity contribution in [2.24, 2.45) is 5.41 Å². The highest BCUT2D eigenvalue weighted by Gasteiger charge is 2.22. The SMILES string of the molecule is CCCCC[C@]1(/C=C/C=O)C=CC=CC1. The highest BCUT2D eigenvalue weighted by atomic mass is 16.1. The zero-order valence-corrected chi connectivity index (χ0v) is 9.49. The summed E-state index contributed by atoms with van der Waals surface area (Å²) < 4.78 is 0. The molecular weight excluding hydrogens is 184 g/mol. The molecule has 0 bridgehead atoms. The van der Waals surface area contributed by atoms with E-state index in [4.69, 9.17) is 0 Å². The molecule has 1 aliphatic carbocycles. The molecule has 1 aliphatic rings. The van der Waals surface area contributed by atoms with Crippen molar-refractivity contribution in [1.82, 2.24) is 0 Å². The fourth-order valence-electron chi connectivity index (χ4n) is 2.01. The molecule has 1 rings (SSSR count). The van der Waals surface area contributed by atoms with Gasteiger partial charge in [-0.3, -0.25) is 4.79 Å². The number of rotatable bonds is 6. The van der Waals surface area contributed by atoms with Gasteiger partial charge in [0.2, 0.25) is 0 Å². The Balaban J connectivity index is 2.60. The highest BCUT2D eigenvalue weighted by Crippen LogP contribution is 2.35. The third kappa shape index (κ3) is 3.86. The van der Waals surface area contributed by atoms with Crippen molar-refractivity contribution in [3.8, 4) is 0 Å². The molecule has 0 fully saturated rings. The van der Waals surface area contributed by atoms with Crippen LogP contribution in [-0.4, -0.2) is 6.29 Å². The van der Waals surface area contributed by atoms with Gasteiger partial charge in [-0.25, -0.2) is 0 Å². The van der Waals surface area contributed by atoms with Crippen LogP contribution < -0.4 is 0 Å². The molecule has 1 nitrogen and oxygen atoms in total. The first-order valence-electron chi connectivity index (χ1n) is 5.80. The number of aldehydes is 1. The van der Waals surface area contributed by atoms with E-state index in [9.17, 15) is 4.79 Å². The molecular formula is C14H20O. The van der Waals surface area contributed by atoms with Crippen LogP contribution in [0.4, 0.5) is 0 Å². The molecule has 0 unspecified atom stereocenters. The van der Waals surface area contributed by atoms with Crippen LogP contribution >= 0.6 is 0 Å². The normalized spacial score (nSPS) is 24.9. The molecule has 0 saturated carbocycles. The van der Waals surface area contributed by atoms with Gasteiger partial charge in [-0.05, 0) is 18.9 Å². The third-order valence-corrected chi connectivity index (χ3v) is 2.93. The fraction of sp³-hybridized carbons (Fsp3) is 0.500. The van der Waals surface area contributed by atoms with Gasteiger partial charge in [0.15, 0.2) is 0 Å². The molecule has 0 aromatic carbocycles. The minimum atomic E-state index is 0.102. The zero-order valence-electron chi connectivity index (χ0n) is 9.49. The topological polar surface area (TPSA) is 17.1 Å². The monoisotopic (exact) mass is 204 g/mol. The van der Waals surface area contributed by atoms with Gasteiger partial charge in [-0.1, -0.05) is 56.6 Å². The van der Waals surface area contributed by atoms with Crippen LogP contribution in [0.1, 0.15) is 39.0 Å². The summed E-state index contributed by atoms with van der Waals surface area (Å²) in [6, 6.07) is 0. The van der Waals surface area contributed by atoms with Crippen molar-refractivity contribution in [2.75, 3.05) is 0 Å². The molecule has 82 valence electrons. The Morgan fingerprint density at radius 3 is 2.80 bits per heavy atom. The minimum Gasteiger partial charge on any atom is -0.299 e. The number of hydrogen-bond acceptors (Lipinski definition) is 1. The number of unbranched alkanes of at least 4 members (excludes halogenated alkanes) is 2. The maximum Gasteiger partial charge on any atom is 0.142 e. The van der Waals surface area contributed by atoms with Crippen molar-refractivity contribution in [3.63, 3.8) is 0 Å². The smallest absolute Gasteiger partial charge is 0.142 e. The van der Waals surface area contributed by atoms with Gasteiger partial charge < -0.3 is 0 Å². The second-order valence-electron chi connectivity index (χ2n) is 4.18. The molecule has 15 heavy (non-hydrogen) atoms. The van der Waals surface area contributed by atoms with Gasteiger partial charge in [0, 0.05) is 5.41 Å². The lowest BCUT2D eigenvalue weighted by molar-refractivity contribution is -0.104. The molecule has 0 saturated heterocycles. The predicted molar refractivity (Wildman–Crippen MR) is 64.7 cm³/mol. The molecule has 0 amide bonds. The second-order valence-corrected chi connectivity index (χ2v) is 4.18. The second kappa shape index (κ2) is 6.39. The van der Waals surface area contributed by atoms with E-state index in [1.165, 1.54) is 19.3 Å². The van der Waals surface area contributed by atoms with Crippen molar-refractivity contribution < 1.29 is 4.79 Å². The Hall–Kier alpha value is -1.11. The lowest BCUT2D eigenvalue weighted by Gasteiger charge is -2.27. The molecule has 0 N–H and O–H groups in total. The highest BCUT2D eigenvalue weighted by molar-refractivity contribution is 5.65. The quantitative estimate of drug-likeness (QED) is 0.365. The fourth-order valence-corrected chi connectivity index (χ4v) is 2.01. The van der Waals surface area contributed by atoms with E-state index in [1.54, 1.807) is 6.08 Å². The minimum absolute atomic E-state index is 0.102. The van der Waals surface area contributed by atoms with Crippen molar-refractivity contribution in [3.05, 3.63) is 36.5 Å². The molecule has 1 atom stereocenters. The predicted octanol–water partition coefficient (Wildman–Crippen LogP) is 3.82. The van der Waals surface area contributed by atoms with E-state index in [-0.39, 0.29) is 5.41 Å². The Kier molecular flexibility index (Phi) is 5.09. The Bertz CT molecular complexity index is 273. The van der Waals surface area contributed by atoms with Gasteiger partial charge in [-0.2, -0.15) is 0 Å². The molecule has 0 heterocycles. The Morgan fingerprint density at radius 1 is 1.33 bits per heavy atom. The molecule has 0 aromatic heterocycles.